The van der Waals surface area contributed by atoms with E-state index in [1.807, 2.05) is 6.07 Å². The van der Waals surface area contributed by atoms with Crippen LogP contribution in [0.2, 0.25) is 5.02 Å². The van der Waals surface area contributed by atoms with Gasteiger partial charge in [0.05, 0.1) is 17.5 Å². The van der Waals surface area contributed by atoms with E-state index in [0.717, 1.165) is 5.56 Å². The fraction of sp³-hybridized carbons (Fsp3) is 0.118. The van der Waals surface area contributed by atoms with Gasteiger partial charge in [0.15, 0.2) is 0 Å². The summed E-state index contributed by atoms with van der Waals surface area (Å²) in [6.07, 6.45) is -0.0160. The number of H-pyrrole nitrogens is 1. The second-order valence-electron chi connectivity index (χ2n) is 5.01. The first-order valence-electron chi connectivity index (χ1n) is 7.00. The number of esters is 1. The van der Waals surface area contributed by atoms with Crippen molar-refractivity contribution >= 4 is 28.3 Å². The van der Waals surface area contributed by atoms with Crippen molar-refractivity contribution in [1.82, 2.24) is 10.2 Å². The monoisotopic (exact) mass is 328 g/mol. The van der Waals surface area contributed by atoms with Crippen LogP contribution in [0.1, 0.15) is 11.3 Å². The van der Waals surface area contributed by atoms with Crippen LogP contribution in [0.25, 0.3) is 10.8 Å². The molecule has 5 nitrogen and oxygen atoms in total. The molecule has 6 heteroatoms. The normalized spacial score (nSPS) is 10.7. The number of carbonyl (C=O) groups excluding carboxylic acids is 1. The number of hydrogen-bond acceptors (Lipinski definition) is 4. The maximum Gasteiger partial charge on any atom is 0.312 e. The average molecular weight is 329 g/mol. The molecule has 1 N–H and O–H groups in total. The van der Waals surface area contributed by atoms with Gasteiger partial charge in [-0.1, -0.05) is 41.9 Å². The number of fused-ring (bicyclic) bond motifs is 1. The van der Waals surface area contributed by atoms with Crippen molar-refractivity contribution in [3.63, 3.8) is 0 Å². The second-order valence-corrected chi connectivity index (χ2v) is 5.45. The van der Waals surface area contributed by atoms with E-state index >= 15 is 0 Å². The molecule has 0 aliphatic carbocycles. The van der Waals surface area contributed by atoms with E-state index in [-0.39, 0.29) is 18.6 Å². The number of ether oxygens (including phenoxy) is 1. The minimum Gasteiger partial charge on any atom is -0.461 e. The van der Waals surface area contributed by atoms with Gasteiger partial charge in [-0.2, -0.15) is 5.10 Å². The molecule has 0 aliphatic heterocycles. The Morgan fingerprint density at radius 3 is 2.70 bits per heavy atom. The number of hydrogen-bond donors (Lipinski definition) is 1. The first kappa shape index (κ1) is 15.2. The van der Waals surface area contributed by atoms with Gasteiger partial charge in [0.2, 0.25) is 0 Å². The van der Waals surface area contributed by atoms with Gasteiger partial charge in [-0.05, 0) is 23.8 Å². The number of carbonyl (C=O) groups is 1. The summed E-state index contributed by atoms with van der Waals surface area (Å²) < 4.78 is 5.24. The molecule has 2 aromatic carbocycles. The lowest BCUT2D eigenvalue weighted by Gasteiger charge is -2.06. The molecule has 23 heavy (non-hydrogen) atoms. The largest absolute Gasteiger partial charge is 0.461 e. The van der Waals surface area contributed by atoms with Gasteiger partial charge in [-0.25, -0.2) is 5.10 Å². The highest BCUT2D eigenvalue weighted by atomic mass is 35.5. The van der Waals surface area contributed by atoms with E-state index in [0.29, 0.717) is 21.5 Å². The smallest absolute Gasteiger partial charge is 0.312 e. The summed E-state index contributed by atoms with van der Waals surface area (Å²) in [5, 5.41) is 8.09. The van der Waals surface area contributed by atoms with Gasteiger partial charge >= 0.3 is 5.97 Å². The van der Waals surface area contributed by atoms with Crippen molar-refractivity contribution in [2.75, 3.05) is 0 Å². The Kier molecular flexibility index (Phi) is 4.39. The Labute approximate surface area is 136 Å². The molecule has 0 bridgehead atoms. The number of rotatable bonds is 4. The lowest BCUT2D eigenvalue weighted by atomic mass is 10.1. The predicted octanol–water partition coefficient (Wildman–Crippen LogP) is 2.86. The van der Waals surface area contributed by atoms with Gasteiger partial charge < -0.3 is 4.74 Å². The predicted molar refractivity (Wildman–Crippen MR) is 87.3 cm³/mol. The van der Waals surface area contributed by atoms with E-state index in [9.17, 15) is 9.59 Å². The molecule has 0 saturated heterocycles. The number of aromatic nitrogens is 2. The Morgan fingerprint density at radius 2 is 1.91 bits per heavy atom. The molecular formula is C17H13ClN2O3. The summed E-state index contributed by atoms with van der Waals surface area (Å²) in [6.45, 7) is 0.140. The minimum absolute atomic E-state index is 0.0160. The topological polar surface area (TPSA) is 72.0 Å². The first-order chi connectivity index (χ1) is 11.1. The lowest BCUT2D eigenvalue weighted by Crippen LogP contribution is -2.15. The first-order valence-corrected chi connectivity index (χ1v) is 7.37. The molecule has 0 saturated carbocycles. The van der Waals surface area contributed by atoms with Crippen molar-refractivity contribution < 1.29 is 9.53 Å². The van der Waals surface area contributed by atoms with Crippen LogP contribution in [0.15, 0.2) is 53.3 Å². The van der Waals surface area contributed by atoms with E-state index in [4.69, 9.17) is 16.3 Å². The molecule has 0 aliphatic rings. The number of halogens is 1. The highest BCUT2D eigenvalue weighted by Crippen LogP contribution is 2.14. The summed E-state index contributed by atoms with van der Waals surface area (Å²) in [4.78, 5) is 23.7. The number of benzene rings is 2. The molecule has 1 aromatic heterocycles. The third-order valence-corrected chi connectivity index (χ3v) is 3.61. The third kappa shape index (κ3) is 3.57. The van der Waals surface area contributed by atoms with E-state index in [1.54, 1.807) is 42.5 Å². The molecule has 1 heterocycles. The Morgan fingerprint density at radius 1 is 1.13 bits per heavy atom. The summed E-state index contributed by atoms with van der Waals surface area (Å²) in [5.41, 5.74) is 1.01. The molecule has 3 aromatic rings. The quantitative estimate of drug-likeness (QED) is 0.747. The van der Waals surface area contributed by atoms with Gasteiger partial charge in [-0.3, -0.25) is 9.59 Å². The van der Waals surface area contributed by atoms with Gasteiger partial charge in [-0.15, -0.1) is 0 Å². The molecule has 0 fully saturated rings. The Hall–Kier alpha value is -2.66. The molecule has 0 unspecified atom stereocenters. The van der Waals surface area contributed by atoms with Crippen LogP contribution in [-0.4, -0.2) is 16.2 Å². The van der Waals surface area contributed by atoms with Crippen LogP contribution in [0.3, 0.4) is 0 Å². The number of nitrogens with zero attached hydrogens (tertiary/aromatic N) is 1. The number of nitrogens with one attached hydrogen (secondary N) is 1. The zero-order chi connectivity index (χ0) is 16.2. The maximum absolute atomic E-state index is 12.0. The van der Waals surface area contributed by atoms with Crippen LogP contribution in [-0.2, 0) is 22.6 Å². The van der Waals surface area contributed by atoms with Crippen molar-refractivity contribution in [2.24, 2.45) is 0 Å². The zero-order valence-corrected chi connectivity index (χ0v) is 12.8. The SMILES string of the molecule is O=C(Cc1n[nH]c(=O)c2ccccc12)OCc1cccc(Cl)c1. The summed E-state index contributed by atoms with van der Waals surface area (Å²) in [6, 6.07) is 14.1. The molecule has 0 amide bonds. The molecule has 116 valence electrons. The van der Waals surface area contributed by atoms with E-state index in [2.05, 4.69) is 10.2 Å². The van der Waals surface area contributed by atoms with Crippen molar-refractivity contribution in [2.45, 2.75) is 13.0 Å². The fourth-order valence-corrected chi connectivity index (χ4v) is 2.50. The highest BCUT2D eigenvalue weighted by molar-refractivity contribution is 6.30. The molecular weight excluding hydrogens is 316 g/mol. The minimum atomic E-state index is -0.422. The van der Waals surface area contributed by atoms with E-state index in [1.165, 1.54) is 0 Å². The fourth-order valence-electron chi connectivity index (χ4n) is 2.28. The third-order valence-electron chi connectivity index (χ3n) is 3.38. The molecule has 0 spiro atoms. The lowest BCUT2D eigenvalue weighted by molar-refractivity contribution is -0.144. The van der Waals surface area contributed by atoms with Gasteiger partial charge in [0.25, 0.3) is 5.56 Å². The molecule has 0 atom stereocenters. The van der Waals surface area contributed by atoms with Crippen LogP contribution < -0.4 is 5.56 Å². The van der Waals surface area contributed by atoms with Crippen molar-refractivity contribution in [3.8, 4) is 0 Å². The van der Waals surface area contributed by atoms with Gasteiger partial charge in [0.1, 0.15) is 6.61 Å². The van der Waals surface area contributed by atoms with Crippen LogP contribution >= 0.6 is 11.6 Å². The summed E-state index contributed by atoms with van der Waals surface area (Å²) in [5.74, 6) is -0.422. The van der Waals surface area contributed by atoms with E-state index < -0.39 is 5.97 Å². The Balaban J connectivity index is 1.73. The van der Waals surface area contributed by atoms with Crippen LogP contribution in [0.5, 0.6) is 0 Å². The molecule has 3 rings (SSSR count). The Bertz CT molecular complexity index is 921. The van der Waals surface area contributed by atoms with Crippen LogP contribution in [0.4, 0.5) is 0 Å². The summed E-state index contributed by atoms with van der Waals surface area (Å²) in [7, 11) is 0. The van der Waals surface area contributed by atoms with Gasteiger partial charge in [0, 0.05) is 10.4 Å². The van der Waals surface area contributed by atoms with Crippen molar-refractivity contribution in [3.05, 3.63) is 75.2 Å². The zero-order valence-electron chi connectivity index (χ0n) is 12.1. The van der Waals surface area contributed by atoms with Crippen molar-refractivity contribution in [1.29, 1.82) is 0 Å². The summed E-state index contributed by atoms with van der Waals surface area (Å²) >= 11 is 5.89. The molecule has 0 radical (unpaired) electrons. The average Bonchev–Trinajstić information content (AvgIpc) is 2.56. The second kappa shape index (κ2) is 6.62. The van der Waals surface area contributed by atoms with Crippen LogP contribution in [0, 0.1) is 0 Å². The highest BCUT2D eigenvalue weighted by Gasteiger charge is 2.11. The number of aromatic amines is 1. The standard InChI is InChI=1S/C17H13ClN2O3/c18-12-5-3-4-11(8-12)10-23-16(21)9-15-13-6-1-2-7-14(13)17(22)20-19-15/h1-8H,9-10H2,(H,20,22). The maximum atomic E-state index is 12.0.